The SMILES string of the molecule is ClC1=NC2C(CC=C3C=CC(C4CCCCC4)=NC32)CC1. The van der Waals surface area contributed by atoms with Crippen LogP contribution < -0.4 is 0 Å². The third-order valence-corrected chi connectivity index (χ3v) is 5.86. The fourth-order valence-electron chi connectivity index (χ4n) is 4.34. The van der Waals surface area contributed by atoms with Crippen LogP contribution in [-0.4, -0.2) is 23.0 Å². The van der Waals surface area contributed by atoms with Crippen LogP contribution >= 0.6 is 11.6 Å². The summed E-state index contributed by atoms with van der Waals surface area (Å²) in [7, 11) is 0. The zero-order valence-corrected chi connectivity index (χ0v) is 13.2. The van der Waals surface area contributed by atoms with Crippen molar-refractivity contribution in [2.24, 2.45) is 21.8 Å². The summed E-state index contributed by atoms with van der Waals surface area (Å²) in [6, 6.07) is 0.523. The Kier molecular flexibility index (Phi) is 3.74. The maximum Gasteiger partial charge on any atom is 0.101 e. The van der Waals surface area contributed by atoms with Gasteiger partial charge in [-0.05, 0) is 43.3 Å². The van der Waals surface area contributed by atoms with Crippen molar-refractivity contribution in [3.05, 3.63) is 23.8 Å². The number of hydrogen-bond acceptors (Lipinski definition) is 2. The second-order valence-electron chi connectivity index (χ2n) is 6.90. The van der Waals surface area contributed by atoms with E-state index in [4.69, 9.17) is 21.6 Å². The maximum absolute atomic E-state index is 6.22. The number of rotatable bonds is 1. The molecule has 0 spiro atoms. The van der Waals surface area contributed by atoms with Gasteiger partial charge in [0.25, 0.3) is 0 Å². The van der Waals surface area contributed by atoms with Gasteiger partial charge in [-0.3, -0.25) is 9.98 Å². The molecule has 0 aromatic carbocycles. The van der Waals surface area contributed by atoms with Crippen LogP contribution in [0.15, 0.2) is 33.8 Å². The van der Waals surface area contributed by atoms with Gasteiger partial charge < -0.3 is 0 Å². The summed E-state index contributed by atoms with van der Waals surface area (Å²) in [5.74, 6) is 1.32. The van der Waals surface area contributed by atoms with Gasteiger partial charge in [0, 0.05) is 18.1 Å². The first kappa shape index (κ1) is 13.8. The zero-order valence-electron chi connectivity index (χ0n) is 12.5. The number of aliphatic imine (C=N–C) groups is 2. The topological polar surface area (TPSA) is 24.7 Å². The second-order valence-corrected chi connectivity index (χ2v) is 7.34. The number of allylic oxidation sites excluding steroid dienone is 2. The quantitative estimate of drug-likeness (QED) is 0.671. The standard InChI is InChI=1S/C18H23ClN2/c19-16-11-9-14-7-6-13-8-10-15(12-4-2-1-3-5-12)20-17(13)18(14)21-16/h6,8,10,12,14,17-18H,1-5,7,9,11H2. The van der Waals surface area contributed by atoms with Crippen molar-refractivity contribution in [1.82, 2.24) is 0 Å². The molecule has 4 rings (SSSR count). The van der Waals surface area contributed by atoms with Crippen molar-refractivity contribution in [3.63, 3.8) is 0 Å². The van der Waals surface area contributed by atoms with Crippen LogP contribution in [0.2, 0.25) is 0 Å². The smallest absolute Gasteiger partial charge is 0.101 e. The van der Waals surface area contributed by atoms with E-state index in [1.165, 1.54) is 49.8 Å². The molecule has 2 nitrogen and oxygen atoms in total. The molecular weight excluding hydrogens is 280 g/mol. The predicted molar refractivity (Wildman–Crippen MR) is 89.4 cm³/mol. The second kappa shape index (κ2) is 5.72. The maximum atomic E-state index is 6.22. The van der Waals surface area contributed by atoms with Gasteiger partial charge in [0.2, 0.25) is 0 Å². The summed E-state index contributed by atoms with van der Waals surface area (Å²) in [6.07, 6.45) is 17.0. The Morgan fingerprint density at radius 2 is 1.86 bits per heavy atom. The van der Waals surface area contributed by atoms with Gasteiger partial charge in [-0.1, -0.05) is 43.0 Å². The van der Waals surface area contributed by atoms with Crippen molar-refractivity contribution >= 4 is 22.5 Å². The lowest BCUT2D eigenvalue weighted by Crippen LogP contribution is -2.40. The van der Waals surface area contributed by atoms with Gasteiger partial charge in [0.05, 0.1) is 12.1 Å². The average molecular weight is 303 g/mol. The molecule has 0 amide bonds. The highest BCUT2D eigenvalue weighted by Crippen LogP contribution is 2.38. The first-order valence-electron chi connectivity index (χ1n) is 8.49. The van der Waals surface area contributed by atoms with E-state index in [1.54, 1.807) is 0 Å². The Morgan fingerprint density at radius 1 is 1.00 bits per heavy atom. The molecule has 3 heteroatoms. The van der Waals surface area contributed by atoms with Crippen molar-refractivity contribution in [2.75, 3.05) is 0 Å². The summed E-state index contributed by atoms with van der Waals surface area (Å²) < 4.78 is 0. The fraction of sp³-hybridized carbons (Fsp3) is 0.667. The minimum atomic E-state index is 0.236. The Balaban J connectivity index is 1.63. The van der Waals surface area contributed by atoms with Crippen molar-refractivity contribution in [3.8, 4) is 0 Å². The van der Waals surface area contributed by atoms with E-state index in [0.717, 1.165) is 18.0 Å². The van der Waals surface area contributed by atoms with Crippen LogP contribution in [0.1, 0.15) is 51.4 Å². The average Bonchev–Trinajstić information content (AvgIpc) is 2.55. The minimum absolute atomic E-state index is 0.236. The van der Waals surface area contributed by atoms with Crippen LogP contribution in [0, 0.1) is 11.8 Å². The van der Waals surface area contributed by atoms with Crippen molar-refractivity contribution in [2.45, 2.75) is 63.5 Å². The van der Waals surface area contributed by atoms with Gasteiger partial charge >= 0.3 is 0 Å². The van der Waals surface area contributed by atoms with Gasteiger partial charge in [-0.15, -0.1) is 0 Å². The third-order valence-electron chi connectivity index (χ3n) is 5.57. The lowest BCUT2D eigenvalue weighted by atomic mass is 9.76. The molecule has 2 aliphatic carbocycles. The molecule has 3 atom stereocenters. The number of hydrogen-bond donors (Lipinski definition) is 0. The summed E-state index contributed by atoms with van der Waals surface area (Å²) in [6.45, 7) is 0. The summed E-state index contributed by atoms with van der Waals surface area (Å²) in [4.78, 5) is 9.91. The van der Waals surface area contributed by atoms with E-state index in [1.807, 2.05) is 0 Å². The van der Waals surface area contributed by atoms with Gasteiger partial charge in [0.15, 0.2) is 0 Å². The summed E-state index contributed by atoms with van der Waals surface area (Å²) in [5.41, 5.74) is 2.69. The van der Waals surface area contributed by atoms with Crippen molar-refractivity contribution < 1.29 is 0 Å². The van der Waals surface area contributed by atoms with E-state index in [-0.39, 0.29) is 12.1 Å². The Labute approximate surface area is 132 Å². The van der Waals surface area contributed by atoms with Crippen LogP contribution in [0.3, 0.4) is 0 Å². The number of fused-ring (bicyclic) bond motifs is 3. The number of nitrogens with zero attached hydrogens (tertiary/aromatic N) is 2. The zero-order chi connectivity index (χ0) is 14.2. The highest BCUT2D eigenvalue weighted by Gasteiger charge is 2.38. The highest BCUT2D eigenvalue weighted by molar-refractivity contribution is 6.65. The van der Waals surface area contributed by atoms with Crippen molar-refractivity contribution in [1.29, 1.82) is 0 Å². The Hall–Kier alpha value is -0.890. The molecule has 1 saturated carbocycles. The normalized spacial score (nSPS) is 36.2. The molecule has 2 heterocycles. The highest BCUT2D eigenvalue weighted by atomic mass is 35.5. The first-order valence-corrected chi connectivity index (χ1v) is 8.87. The third kappa shape index (κ3) is 2.63. The lowest BCUT2D eigenvalue weighted by Gasteiger charge is -2.38. The lowest BCUT2D eigenvalue weighted by molar-refractivity contribution is 0.345. The molecule has 0 N–H and O–H groups in total. The predicted octanol–water partition coefficient (Wildman–Crippen LogP) is 4.69. The van der Waals surface area contributed by atoms with E-state index >= 15 is 0 Å². The van der Waals surface area contributed by atoms with E-state index in [9.17, 15) is 0 Å². The molecule has 0 aromatic heterocycles. The van der Waals surface area contributed by atoms with Gasteiger partial charge in [-0.2, -0.15) is 0 Å². The van der Waals surface area contributed by atoms with Crippen LogP contribution in [-0.2, 0) is 0 Å². The molecule has 2 aliphatic heterocycles. The molecule has 21 heavy (non-hydrogen) atoms. The molecular formula is C18H23ClN2. The Morgan fingerprint density at radius 3 is 2.71 bits per heavy atom. The molecule has 0 aromatic rings. The number of halogens is 1. The van der Waals surface area contributed by atoms with Crippen LogP contribution in [0.4, 0.5) is 0 Å². The minimum Gasteiger partial charge on any atom is -0.279 e. The van der Waals surface area contributed by atoms with Gasteiger partial charge in [-0.25, -0.2) is 0 Å². The van der Waals surface area contributed by atoms with Crippen LogP contribution in [0.25, 0.3) is 0 Å². The molecule has 0 radical (unpaired) electrons. The number of dihydropyridines is 1. The summed E-state index contributed by atoms with van der Waals surface area (Å²) in [5, 5.41) is 0.807. The molecule has 3 unspecified atom stereocenters. The summed E-state index contributed by atoms with van der Waals surface area (Å²) >= 11 is 6.22. The monoisotopic (exact) mass is 302 g/mol. The largest absolute Gasteiger partial charge is 0.279 e. The fourth-order valence-corrected chi connectivity index (χ4v) is 4.56. The van der Waals surface area contributed by atoms with E-state index in [2.05, 4.69) is 18.2 Å². The molecule has 0 bridgehead atoms. The van der Waals surface area contributed by atoms with Gasteiger partial charge in [0.1, 0.15) is 5.17 Å². The first-order chi connectivity index (χ1) is 10.3. The van der Waals surface area contributed by atoms with Crippen LogP contribution in [0.5, 0.6) is 0 Å². The molecule has 0 saturated heterocycles. The molecule has 4 aliphatic rings. The molecule has 1 fully saturated rings. The molecule has 112 valence electrons. The Bertz CT molecular complexity index is 537. The van der Waals surface area contributed by atoms with E-state index in [0.29, 0.717) is 11.8 Å². The van der Waals surface area contributed by atoms with E-state index < -0.39 is 0 Å².